The third-order valence-corrected chi connectivity index (χ3v) is 2.68. The Bertz CT molecular complexity index is 463. The summed E-state index contributed by atoms with van der Waals surface area (Å²) in [5.41, 5.74) is 2.42. The highest BCUT2D eigenvalue weighted by Gasteiger charge is 1.88. The van der Waals surface area contributed by atoms with Gasteiger partial charge in [-0.25, -0.2) is 0 Å². The van der Waals surface area contributed by atoms with E-state index in [1.807, 2.05) is 54.6 Å². The Labute approximate surface area is 121 Å². The fourth-order valence-corrected chi connectivity index (χ4v) is 1.68. The molecule has 20 heavy (non-hydrogen) atoms. The molecule has 2 aromatic carbocycles. The van der Waals surface area contributed by atoms with Crippen molar-refractivity contribution < 1.29 is 10.2 Å². The first-order chi connectivity index (χ1) is 9.86. The van der Waals surface area contributed by atoms with E-state index in [-0.39, 0.29) is 13.2 Å². The summed E-state index contributed by atoms with van der Waals surface area (Å²) in [6.07, 6.45) is 5.46. The number of benzene rings is 2. The molecule has 0 unspecified atom stereocenters. The van der Waals surface area contributed by atoms with E-state index in [1.54, 1.807) is 6.08 Å². The molecule has 0 aliphatic rings. The van der Waals surface area contributed by atoms with Gasteiger partial charge in [0.2, 0.25) is 0 Å². The molecule has 0 bridgehead atoms. The molecular weight excluding hydrogens is 248 g/mol. The Hall–Kier alpha value is -1.90. The van der Waals surface area contributed by atoms with Crippen LogP contribution in [-0.2, 0) is 6.42 Å². The number of aliphatic hydroxyl groups excluding tert-OH is 2. The van der Waals surface area contributed by atoms with Gasteiger partial charge in [-0.3, -0.25) is 0 Å². The summed E-state index contributed by atoms with van der Waals surface area (Å²) in [7, 11) is 0. The SMILES string of the molecule is OC/C=C/c1ccccc1.OCCCc1ccccc1. The lowest BCUT2D eigenvalue weighted by molar-refractivity contribution is 0.288. The van der Waals surface area contributed by atoms with E-state index in [9.17, 15) is 0 Å². The third kappa shape index (κ3) is 7.52. The molecule has 0 amide bonds. The Kier molecular flexibility index (Phi) is 8.86. The van der Waals surface area contributed by atoms with Crippen LogP contribution in [-0.4, -0.2) is 23.4 Å². The Morgan fingerprint density at radius 1 is 0.800 bits per heavy atom. The van der Waals surface area contributed by atoms with Crippen LogP contribution in [0.1, 0.15) is 17.5 Å². The van der Waals surface area contributed by atoms with Crippen molar-refractivity contribution in [2.45, 2.75) is 12.8 Å². The predicted molar refractivity (Wildman–Crippen MR) is 84.4 cm³/mol. The van der Waals surface area contributed by atoms with Crippen LogP contribution in [0.3, 0.4) is 0 Å². The van der Waals surface area contributed by atoms with Crippen LogP contribution in [0.25, 0.3) is 6.08 Å². The maximum Gasteiger partial charge on any atom is 0.0615 e. The van der Waals surface area contributed by atoms with Crippen LogP contribution in [0.4, 0.5) is 0 Å². The van der Waals surface area contributed by atoms with Gasteiger partial charge in [-0.1, -0.05) is 72.8 Å². The molecule has 0 aliphatic carbocycles. The lowest BCUT2D eigenvalue weighted by atomic mass is 10.1. The molecule has 0 heterocycles. The summed E-state index contributed by atoms with van der Waals surface area (Å²) >= 11 is 0. The Balaban J connectivity index is 0.000000200. The van der Waals surface area contributed by atoms with Crippen molar-refractivity contribution in [1.29, 1.82) is 0 Å². The average Bonchev–Trinajstić information content (AvgIpc) is 2.53. The van der Waals surface area contributed by atoms with Gasteiger partial charge in [-0.15, -0.1) is 0 Å². The molecule has 0 aliphatic heterocycles. The smallest absolute Gasteiger partial charge is 0.0615 e. The molecule has 2 aromatic rings. The summed E-state index contributed by atoms with van der Waals surface area (Å²) < 4.78 is 0. The van der Waals surface area contributed by atoms with Crippen molar-refractivity contribution in [3.05, 3.63) is 77.9 Å². The molecule has 0 spiro atoms. The van der Waals surface area contributed by atoms with E-state index in [1.165, 1.54) is 5.56 Å². The minimum absolute atomic E-state index is 0.106. The molecule has 0 radical (unpaired) electrons. The highest BCUT2D eigenvalue weighted by atomic mass is 16.3. The van der Waals surface area contributed by atoms with Crippen molar-refractivity contribution in [1.82, 2.24) is 0 Å². The van der Waals surface area contributed by atoms with Crippen molar-refractivity contribution in [2.75, 3.05) is 13.2 Å². The van der Waals surface area contributed by atoms with Gasteiger partial charge < -0.3 is 10.2 Å². The van der Waals surface area contributed by atoms with Crippen LogP contribution in [0.5, 0.6) is 0 Å². The first-order valence-electron chi connectivity index (χ1n) is 6.84. The molecule has 106 valence electrons. The standard InChI is InChI=1S/C9H12O.C9H10O/c2*10-8-4-7-9-5-2-1-3-6-9/h1-3,5-6,10H,4,7-8H2;1-7,10H,8H2/b;7-4+. The van der Waals surface area contributed by atoms with Gasteiger partial charge in [0.25, 0.3) is 0 Å². The van der Waals surface area contributed by atoms with Crippen molar-refractivity contribution in [3.8, 4) is 0 Å². The fraction of sp³-hybridized carbons (Fsp3) is 0.222. The van der Waals surface area contributed by atoms with Crippen LogP contribution >= 0.6 is 0 Å². The average molecular weight is 270 g/mol. The molecule has 2 N–H and O–H groups in total. The van der Waals surface area contributed by atoms with E-state index in [2.05, 4.69) is 12.1 Å². The minimum atomic E-state index is 0.106. The minimum Gasteiger partial charge on any atom is -0.396 e. The highest BCUT2D eigenvalue weighted by Crippen LogP contribution is 2.01. The van der Waals surface area contributed by atoms with Crippen molar-refractivity contribution >= 4 is 6.08 Å². The molecule has 2 nitrogen and oxygen atoms in total. The number of rotatable bonds is 5. The topological polar surface area (TPSA) is 40.5 Å². The monoisotopic (exact) mass is 270 g/mol. The number of hydrogen-bond acceptors (Lipinski definition) is 2. The maximum absolute atomic E-state index is 8.53. The molecule has 0 atom stereocenters. The fourth-order valence-electron chi connectivity index (χ4n) is 1.68. The number of hydrogen-bond donors (Lipinski definition) is 2. The third-order valence-electron chi connectivity index (χ3n) is 2.68. The van der Waals surface area contributed by atoms with Gasteiger partial charge in [-0.2, -0.15) is 0 Å². The second kappa shape index (κ2) is 11.0. The van der Waals surface area contributed by atoms with E-state index in [4.69, 9.17) is 10.2 Å². The normalized spacial score (nSPS) is 10.1. The van der Waals surface area contributed by atoms with Gasteiger partial charge in [0.05, 0.1) is 6.61 Å². The zero-order valence-corrected chi connectivity index (χ0v) is 11.7. The Morgan fingerprint density at radius 3 is 1.95 bits per heavy atom. The van der Waals surface area contributed by atoms with Crippen LogP contribution in [0, 0.1) is 0 Å². The van der Waals surface area contributed by atoms with Gasteiger partial charge in [-0.05, 0) is 24.0 Å². The van der Waals surface area contributed by atoms with Gasteiger partial charge >= 0.3 is 0 Å². The highest BCUT2D eigenvalue weighted by molar-refractivity contribution is 5.48. The largest absolute Gasteiger partial charge is 0.396 e. The summed E-state index contributed by atoms with van der Waals surface area (Å²) in [6, 6.07) is 20.1. The number of aryl methyl sites for hydroxylation is 1. The maximum atomic E-state index is 8.53. The van der Waals surface area contributed by atoms with E-state index >= 15 is 0 Å². The first-order valence-corrected chi connectivity index (χ1v) is 6.84. The summed E-state index contributed by atoms with van der Waals surface area (Å²) in [5, 5.41) is 17.0. The summed E-state index contributed by atoms with van der Waals surface area (Å²) in [4.78, 5) is 0. The van der Waals surface area contributed by atoms with Gasteiger partial charge in [0.15, 0.2) is 0 Å². The van der Waals surface area contributed by atoms with E-state index in [0.29, 0.717) is 0 Å². The Morgan fingerprint density at radius 2 is 1.40 bits per heavy atom. The summed E-state index contributed by atoms with van der Waals surface area (Å²) in [5.74, 6) is 0. The van der Waals surface area contributed by atoms with E-state index in [0.717, 1.165) is 18.4 Å². The lowest BCUT2D eigenvalue weighted by Gasteiger charge is -1.96. The zero-order chi connectivity index (χ0) is 14.5. The van der Waals surface area contributed by atoms with Gasteiger partial charge in [0, 0.05) is 6.61 Å². The summed E-state index contributed by atoms with van der Waals surface area (Å²) in [6.45, 7) is 0.393. The number of aliphatic hydroxyl groups is 2. The van der Waals surface area contributed by atoms with Crippen molar-refractivity contribution in [2.24, 2.45) is 0 Å². The zero-order valence-electron chi connectivity index (χ0n) is 11.7. The van der Waals surface area contributed by atoms with Crippen LogP contribution < -0.4 is 0 Å². The first kappa shape index (κ1) is 16.2. The van der Waals surface area contributed by atoms with Crippen molar-refractivity contribution in [3.63, 3.8) is 0 Å². The molecule has 0 aromatic heterocycles. The van der Waals surface area contributed by atoms with Crippen LogP contribution in [0.2, 0.25) is 0 Å². The van der Waals surface area contributed by atoms with Gasteiger partial charge in [0.1, 0.15) is 0 Å². The molecule has 0 saturated carbocycles. The second-order valence-corrected chi connectivity index (χ2v) is 4.31. The van der Waals surface area contributed by atoms with Crippen LogP contribution in [0.15, 0.2) is 66.7 Å². The molecule has 0 fully saturated rings. The molecule has 2 heteroatoms. The molecule has 0 saturated heterocycles. The molecular formula is C18H22O2. The predicted octanol–water partition coefficient (Wildman–Crippen LogP) is 3.30. The second-order valence-electron chi connectivity index (χ2n) is 4.31. The molecule has 2 rings (SSSR count). The van der Waals surface area contributed by atoms with E-state index < -0.39 is 0 Å². The lowest BCUT2D eigenvalue weighted by Crippen LogP contribution is -1.87. The quantitative estimate of drug-likeness (QED) is 0.875.